The number of amides is 1. The van der Waals surface area contributed by atoms with Crippen molar-refractivity contribution in [3.8, 4) is 0 Å². The van der Waals surface area contributed by atoms with Crippen LogP contribution in [0.5, 0.6) is 0 Å². The topological polar surface area (TPSA) is 105 Å². The highest BCUT2D eigenvalue weighted by molar-refractivity contribution is 7.89. The lowest BCUT2D eigenvalue weighted by Crippen LogP contribution is -2.23. The highest BCUT2D eigenvalue weighted by Crippen LogP contribution is 2.23. The lowest BCUT2D eigenvalue weighted by Gasteiger charge is -2.13. The van der Waals surface area contributed by atoms with E-state index in [9.17, 15) is 13.2 Å². The van der Waals surface area contributed by atoms with E-state index in [1.165, 1.54) is 19.1 Å². The fourth-order valence-electron chi connectivity index (χ4n) is 2.93. The van der Waals surface area contributed by atoms with Gasteiger partial charge in [-0.2, -0.15) is 0 Å². The largest absolute Gasteiger partial charge is 0.378 e. The van der Waals surface area contributed by atoms with Gasteiger partial charge in [0.1, 0.15) is 11.4 Å². The van der Waals surface area contributed by atoms with Crippen LogP contribution in [0.2, 0.25) is 0 Å². The van der Waals surface area contributed by atoms with E-state index in [-0.39, 0.29) is 17.3 Å². The van der Waals surface area contributed by atoms with Crippen molar-refractivity contribution < 1.29 is 17.7 Å². The number of hydrogen-bond donors (Lipinski definition) is 2. The van der Waals surface area contributed by atoms with Crippen LogP contribution in [-0.2, 0) is 21.4 Å². The van der Waals surface area contributed by atoms with Gasteiger partial charge >= 0.3 is 0 Å². The summed E-state index contributed by atoms with van der Waals surface area (Å²) in [6.45, 7) is 3.34. The van der Waals surface area contributed by atoms with E-state index in [4.69, 9.17) is 4.52 Å². The summed E-state index contributed by atoms with van der Waals surface area (Å²) in [6.07, 6.45) is 3.42. The molecule has 0 saturated heterocycles. The Morgan fingerprint density at radius 3 is 2.31 bits per heavy atom. The Balaban J connectivity index is 1.67. The molecule has 1 amide bonds. The Bertz CT molecular complexity index is 1210. The normalized spacial score (nSPS) is 11.6. The molecule has 168 valence electrons. The molecule has 0 fully saturated rings. The molecule has 8 nitrogen and oxygen atoms in total. The van der Waals surface area contributed by atoms with Crippen LogP contribution in [0.15, 0.2) is 57.9 Å². The summed E-state index contributed by atoms with van der Waals surface area (Å²) < 4.78 is 33.1. The summed E-state index contributed by atoms with van der Waals surface area (Å²) in [5.41, 5.74) is 3.77. The zero-order valence-corrected chi connectivity index (χ0v) is 19.2. The minimum atomic E-state index is -3.65. The van der Waals surface area contributed by atoms with Gasteiger partial charge in [0.2, 0.25) is 15.9 Å². The molecule has 0 saturated carbocycles. The fraction of sp³-hybridized carbons (Fsp3) is 0.217. The zero-order chi connectivity index (χ0) is 23.3. The fourth-order valence-corrected chi connectivity index (χ4v) is 3.95. The molecule has 0 bridgehead atoms. The van der Waals surface area contributed by atoms with E-state index < -0.39 is 10.0 Å². The van der Waals surface area contributed by atoms with Crippen LogP contribution < -0.4 is 14.9 Å². The maximum Gasteiger partial charge on any atom is 0.240 e. The van der Waals surface area contributed by atoms with E-state index in [0.717, 1.165) is 16.8 Å². The SMILES string of the molecule is CC(=O)Nc1c(C)noc1/C=C\c1ccc(S(=O)(=O)NCc2ccc(N(C)C)cc2)cc1. The number of sulfonamides is 1. The first-order chi connectivity index (χ1) is 15.2. The monoisotopic (exact) mass is 454 g/mol. The Morgan fingerprint density at radius 2 is 1.72 bits per heavy atom. The van der Waals surface area contributed by atoms with Gasteiger partial charge in [-0.25, -0.2) is 13.1 Å². The minimum Gasteiger partial charge on any atom is -0.378 e. The van der Waals surface area contributed by atoms with E-state index in [1.54, 1.807) is 31.2 Å². The van der Waals surface area contributed by atoms with Gasteiger partial charge in [0, 0.05) is 33.3 Å². The molecule has 0 aliphatic heterocycles. The summed E-state index contributed by atoms with van der Waals surface area (Å²) >= 11 is 0. The number of rotatable bonds is 8. The molecule has 1 heterocycles. The van der Waals surface area contributed by atoms with Crippen LogP contribution in [0.3, 0.4) is 0 Å². The van der Waals surface area contributed by atoms with Crippen LogP contribution in [0.25, 0.3) is 12.2 Å². The number of anilines is 2. The van der Waals surface area contributed by atoms with Crippen LogP contribution in [-0.4, -0.2) is 33.6 Å². The van der Waals surface area contributed by atoms with Crippen LogP contribution in [0.4, 0.5) is 11.4 Å². The standard InChI is InChI=1S/C23H26N4O4S/c1-16-23(25-17(2)28)22(31-26-16)14-9-18-7-12-21(13-8-18)32(29,30)24-15-19-5-10-20(11-6-19)27(3)4/h5-14,24H,15H2,1-4H3,(H,25,28)/b14-9-. The molecule has 0 atom stereocenters. The summed E-state index contributed by atoms with van der Waals surface area (Å²) in [6, 6.07) is 14.1. The van der Waals surface area contributed by atoms with Crippen molar-refractivity contribution >= 4 is 39.5 Å². The van der Waals surface area contributed by atoms with E-state index in [2.05, 4.69) is 15.2 Å². The third-order valence-corrected chi connectivity index (χ3v) is 6.14. The third kappa shape index (κ3) is 5.83. The highest BCUT2D eigenvalue weighted by Gasteiger charge is 2.14. The lowest BCUT2D eigenvalue weighted by molar-refractivity contribution is -0.114. The molecule has 3 aromatic rings. The molecule has 2 aromatic carbocycles. The first-order valence-electron chi connectivity index (χ1n) is 9.93. The highest BCUT2D eigenvalue weighted by atomic mass is 32.2. The maximum atomic E-state index is 12.6. The average Bonchev–Trinajstić information content (AvgIpc) is 3.10. The van der Waals surface area contributed by atoms with Gasteiger partial charge in [0.25, 0.3) is 0 Å². The molecule has 32 heavy (non-hydrogen) atoms. The molecule has 1 aromatic heterocycles. The van der Waals surface area contributed by atoms with Gasteiger partial charge < -0.3 is 14.7 Å². The summed E-state index contributed by atoms with van der Waals surface area (Å²) in [4.78, 5) is 13.5. The predicted octanol–water partition coefficient (Wildman–Crippen LogP) is 3.66. The van der Waals surface area contributed by atoms with E-state index in [1.807, 2.05) is 43.3 Å². The molecule has 0 aliphatic rings. The van der Waals surface area contributed by atoms with Crippen molar-refractivity contribution in [1.29, 1.82) is 0 Å². The first kappa shape index (κ1) is 23.2. The van der Waals surface area contributed by atoms with Gasteiger partial charge in [-0.1, -0.05) is 35.5 Å². The van der Waals surface area contributed by atoms with Crippen molar-refractivity contribution in [1.82, 2.24) is 9.88 Å². The summed E-state index contributed by atoms with van der Waals surface area (Å²) in [5.74, 6) is 0.193. The molecule has 0 spiro atoms. The predicted molar refractivity (Wildman–Crippen MR) is 126 cm³/mol. The van der Waals surface area contributed by atoms with Gasteiger partial charge in [0.05, 0.1) is 4.90 Å². The zero-order valence-electron chi connectivity index (χ0n) is 18.4. The second kappa shape index (κ2) is 9.80. The Kier molecular flexibility index (Phi) is 7.12. The number of aryl methyl sites for hydroxylation is 1. The molecule has 2 N–H and O–H groups in total. The number of nitrogens with zero attached hydrogens (tertiary/aromatic N) is 2. The van der Waals surface area contributed by atoms with E-state index >= 15 is 0 Å². The second-order valence-corrected chi connectivity index (χ2v) is 9.24. The molecular weight excluding hydrogens is 428 g/mol. The Hall–Kier alpha value is -3.43. The van der Waals surface area contributed by atoms with Gasteiger partial charge in [-0.05, 0) is 48.4 Å². The number of carbonyl (C=O) groups is 1. The smallest absolute Gasteiger partial charge is 0.240 e. The number of aromatic nitrogens is 1. The second-order valence-electron chi connectivity index (χ2n) is 7.48. The number of hydrogen-bond acceptors (Lipinski definition) is 6. The minimum absolute atomic E-state index is 0.175. The molecule has 3 rings (SSSR count). The van der Waals surface area contributed by atoms with E-state index in [0.29, 0.717) is 17.1 Å². The van der Waals surface area contributed by atoms with Crippen molar-refractivity contribution in [2.75, 3.05) is 24.3 Å². The number of carbonyl (C=O) groups excluding carboxylic acids is 1. The summed E-state index contributed by atoms with van der Waals surface area (Å²) in [5, 5.41) is 6.54. The maximum absolute atomic E-state index is 12.6. The van der Waals surface area contributed by atoms with Crippen LogP contribution >= 0.6 is 0 Å². The molecule has 0 unspecified atom stereocenters. The number of benzene rings is 2. The Labute approximate surface area is 188 Å². The first-order valence-corrected chi connectivity index (χ1v) is 11.4. The quantitative estimate of drug-likeness (QED) is 0.538. The van der Waals surface area contributed by atoms with Crippen molar-refractivity contribution in [2.45, 2.75) is 25.3 Å². The molecule has 0 radical (unpaired) electrons. The molecule has 0 aliphatic carbocycles. The Morgan fingerprint density at radius 1 is 1.06 bits per heavy atom. The third-order valence-electron chi connectivity index (χ3n) is 4.73. The van der Waals surface area contributed by atoms with Gasteiger partial charge in [0.15, 0.2) is 5.76 Å². The number of nitrogens with one attached hydrogen (secondary N) is 2. The van der Waals surface area contributed by atoms with Gasteiger partial charge in [-0.3, -0.25) is 4.79 Å². The van der Waals surface area contributed by atoms with Gasteiger partial charge in [-0.15, -0.1) is 0 Å². The summed E-state index contributed by atoms with van der Waals surface area (Å²) in [7, 11) is 0.253. The molecular formula is C23H26N4O4S. The van der Waals surface area contributed by atoms with Crippen molar-refractivity contribution in [3.63, 3.8) is 0 Å². The van der Waals surface area contributed by atoms with Crippen molar-refractivity contribution in [3.05, 3.63) is 71.1 Å². The molecule has 9 heteroatoms. The lowest BCUT2D eigenvalue weighted by atomic mass is 10.2. The van der Waals surface area contributed by atoms with Crippen LogP contribution in [0, 0.1) is 6.92 Å². The average molecular weight is 455 g/mol. The van der Waals surface area contributed by atoms with Crippen molar-refractivity contribution in [2.24, 2.45) is 0 Å². The van der Waals surface area contributed by atoms with Crippen LogP contribution in [0.1, 0.15) is 29.5 Å².